The van der Waals surface area contributed by atoms with E-state index in [4.69, 9.17) is 22.6 Å². The molecule has 1 N–H and O–H groups in total. The lowest BCUT2D eigenvalue weighted by Crippen LogP contribution is -2.28. The number of hydrogen-bond acceptors (Lipinski definition) is 5. The molecule has 1 fully saturated rings. The van der Waals surface area contributed by atoms with Gasteiger partial charge in [0.2, 0.25) is 10.7 Å². The van der Waals surface area contributed by atoms with Crippen LogP contribution in [0.25, 0.3) is 5.69 Å². The summed E-state index contributed by atoms with van der Waals surface area (Å²) in [6.45, 7) is 5.64. The fraction of sp³-hybridized carbons (Fsp3) is 0.474. The van der Waals surface area contributed by atoms with Crippen molar-refractivity contribution in [3.05, 3.63) is 34.9 Å². The van der Waals surface area contributed by atoms with E-state index in [9.17, 15) is 4.79 Å². The average molecular weight is 385 g/mol. The minimum atomic E-state index is -0.107. The summed E-state index contributed by atoms with van der Waals surface area (Å²) in [6, 6.07) is 9.85. The zero-order valence-electron chi connectivity index (χ0n) is 15.7. The second kappa shape index (κ2) is 8.46. The Morgan fingerprint density at radius 3 is 2.89 bits per heavy atom. The molecular weight excluding hydrogens is 360 g/mol. The SMILES string of the molecule is CCN(CCC#N)Cn1nc(C2CC2)n(-c2cccc(NC(C)=O)c2)c1=S. The summed E-state index contributed by atoms with van der Waals surface area (Å²) in [6.07, 6.45) is 2.71. The van der Waals surface area contributed by atoms with Crippen molar-refractivity contribution >= 4 is 23.8 Å². The number of anilines is 1. The zero-order valence-corrected chi connectivity index (χ0v) is 16.5. The van der Waals surface area contributed by atoms with E-state index < -0.39 is 0 Å². The Labute approximate surface area is 164 Å². The molecule has 0 unspecified atom stereocenters. The molecule has 0 bridgehead atoms. The molecule has 0 spiro atoms. The third-order valence-electron chi connectivity index (χ3n) is 4.55. The van der Waals surface area contributed by atoms with Crippen LogP contribution < -0.4 is 5.32 Å². The van der Waals surface area contributed by atoms with Crippen molar-refractivity contribution in [1.29, 1.82) is 5.26 Å². The minimum absolute atomic E-state index is 0.107. The summed E-state index contributed by atoms with van der Waals surface area (Å²) in [5.41, 5.74) is 1.64. The zero-order chi connectivity index (χ0) is 19.4. The maximum absolute atomic E-state index is 11.4. The molecule has 1 saturated carbocycles. The maximum atomic E-state index is 11.4. The van der Waals surface area contributed by atoms with Crippen molar-refractivity contribution in [2.45, 2.75) is 45.7 Å². The third-order valence-corrected chi connectivity index (χ3v) is 4.95. The fourth-order valence-corrected chi connectivity index (χ4v) is 3.32. The van der Waals surface area contributed by atoms with Gasteiger partial charge in [-0.25, -0.2) is 4.68 Å². The number of carbonyl (C=O) groups excluding carboxylic acids is 1. The van der Waals surface area contributed by atoms with Gasteiger partial charge < -0.3 is 5.32 Å². The van der Waals surface area contributed by atoms with Gasteiger partial charge in [-0.15, -0.1) is 0 Å². The molecule has 0 saturated heterocycles. The molecule has 1 aromatic heterocycles. The molecule has 1 aromatic carbocycles. The normalized spacial score (nSPS) is 13.6. The molecule has 1 aliphatic carbocycles. The minimum Gasteiger partial charge on any atom is -0.326 e. The van der Waals surface area contributed by atoms with Gasteiger partial charge in [0.25, 0.3) is 0 Å². The monoisotopic (exact) mass is 384 g/mol. The van der Waals surface area contributed by atoms with Crippen molar-refractivity contribution in [2.75, 3.05) is 18.4 Å². The van der Waals surface area contributed by atoms with Crippen LogP contribution in [-0.2, 0) is 11.5 Å². The Morgan fingerprint density at radius 2 is 2.26 bits per heavy atom. The number of amides is 1. The number of carbonyl (C=O) groups is 1. The van der Waals surface area contributed by atoms with Gasteiger partial charge in [0.1, 0.15) is 5.82 Å². The highest BCUT2D eigenvalue weighted by Gasteiger charge is 2.31. The first-order valence-corrected chi connectivity index (χ1v) is 9.61. The molecular formula is C19H24N6OS. The predicted octanol–water partition coefficient (Wildman–Crippen LogP) is 3.43. The van der Waals surface area contributed by atoms with Gasteiger partial charge in [0, 0.05) is 31.5 Å². The molecule has 0 atom stereocenters. The molecule has 0 radical (unpaired) electrons. The van der Waals surface area contributed by atoms with Crippen LogP contribution >= 0.6 is 12.2 Å². The van der Waals surface area contributed by atoms with E-state index in [1.54, 1.807) is 0 Å². The van der Waals surface area contributed by atoms with Crippen LogP contribution in [0.15, 0.2) is 24.3 Å². The van der Waals surface area contributed by atoms with Crippen LogP contribution in [0.1, 0.15) is 44.9 Å². The van der Waals surface area contributed by atoms with Crippen LogP contribution in [0.2, 0.25) is 0 Å². The summed E-state index contributed by atoms with van der Waals surface area (Å²) < 4.78 is 4.48. The molecule has 1 aliphatic rings. The standard InChI is InChI=1S/C19H24N6OS/c1-3-23(11-5-10-20)13-24-19(27)25(18(22-24)15-8-9-15)17-7-4-6-16(12-17)21-14(2)26/h4,6-7,12,15H,3,5,8-9,11,13H2,1-2H3,(H,21,26). The van der Waals surface area contributed by atoms with Gasteiger partial charge in [-0.3, -0.25) is 14.3 Å². The lowest BCUT2D eigenvalue weighted by molar-refractivity contribution is -0.114. The van der Waals surface area contributed by atoms with Gasteiger partial charge in [-0.05, 0) is 49.8 Å². The molecule has 1 heterocycles. The van der Waals surface area contributed by atoms with Crippen molar-refractivity contribution in [2.24, 2.45) is 0 Å². The second-order valence-corrected chi connectivity index (χ2v) is 7.11. The topological polar surface area (TPSA) is 78.9 Å². The van der Waals surface area contributed by atoms with E-state index in [0.29, 0.717) is 30.3 Å². The van der Waals surface area contributed by atoms with Crippen LogP contribution in [0.4, 0.5) is 5.69 Å². The van der Waals surface area contributed by atoms with Gasteiger partial charge in [0.05, 0.1) is 18.4 Å². The van der Waals surface area contributed by atoms with Crippen molar-refractivity contribution < 1.29 is 4.79 Å². The summed E-state index contributed by atoms with van der Waals surface area (Å²) in [4.78, 5) is 13.5. The number of nitriles is 1. The highest BCUT2D eigenvalue weighted by molar-refractivity contribution is 7.71. The molecule has 7 nitrogen and oxygen atoms in total. The molecule has 2 aromatic rings. The molecule has 27 heavy (non-hydrogen) atoms. The second-order valence-electron chi connectivity index (χ2n) is 6.74. The molecule has 3 rings (SSSR count). The van der Waals surface area contributed by atoms with E-state index in [1.807, 2.05) is 33.5 Å². The first-order chi connectivity index (χ1) is 13.0. The van der Waals surface area contributed by atoms with Crippen LogP contribution in [-0.4, -0.2) is 38.2 Å². The van der Waals surface area contributed by atoms with Crippen molar-refractivity contribution in [3.8, 4) is 11.8 Å². The molecule has 142 valence electrons. The summed E-state index contributed by atoms with van der Waals surface area (Å²) >= 11 is 5.74. The van der Waals surface area contributed by atoms with E-state index in [1.165, 1.54) is 6.92 Å². The number of rotatable bonds is 8. The molecule has 8 heteroatoms. The van der Waals surface area contributed by atoms with Crippen LogP contribution in [0.5, 0.6) is 0 Å². The highest BCUT2D eigenvalue weighted by Crippen LogP contribution is 2.40. The Hall–Kier alpha value is -2.50. The van der Waals surface area contributed by atoms with E-state index >= 15 is 0 Å². The Balaban J connectivity index is 1.96. The number of nitrogens with one attached hydrogen (secondary N) is 1. The summed E-state index contributed by atoms with van der Waals surface area (Å²) in [5, 5.41) is 16.5. The summed E-state index contributed by atoms with van der Waals surface area (Å²) in [7, 11) is 0. The van der Waals surface area contributed by atoms with Crippen LogP contribution in [0, 0.1) is 16.1 Å². The van der Waals surface area contributed by atoms with Crippen molar-refractivity contribution in [1.82, 2.24) is 19.2 Å². The number of nitrogens with zero attached hydrogens (tertiary/aromatic N) is 5. The third kappa shape index (κ3) is 4.62. The smallest absolute Gasteiger partial charge is 0.221 e. The van der Waals surface area contributed by atoms with Gasteiger partial charge in [-0.1, -0.05) is 13.0 Å². The van der Waals surface area contributed by atoms with Gasteiger partial charge in [0.15, 0.2) is 0 Å². The highest BCUT2D eigenvalue weighted by atomic mass is 32.1. The maximum Gasteiger partial charge on any atom is 0.221 e. The quantitative estimate of drug-likeness (QED) is 0.706. The van der Waals surface area contributed by atoms with Crippen LogP contribution in [0.3, 0.4) is 0 Å². The number of hydrogen-bond donors (Lipinski definition) is 1. The molecule has 0 aliphatic heterocycles. The lowest BCUT2D eigenvalue weighted by Gasteiger charge is -2.18. The van der Waals surface area contributed by atoms with E-state index in [-0.39, 0.29) is 5.91 Å². The van der Waals surface area contributed by atoms with Crippen molar-refractivity contribution in [3.63, 3.8) is 0 Å². The van der Waals surface area contributed by atoms with E-state index in [0.717, 1.165) is 36.6 Å². The van der Waals surface area contributed by atoms with E-state index in [2.05, 4.69) is 23.2 Å². The lowest BCUT2D eigenvalue weighted by atomic mass is 10.2. The Bertz CT molecular complexity index is 921. The first-order valence-electron chi connectivity index (χ1n) is 9.20. The van der Waals surface area contributed by atoms with Gasteiger partial charge >= 0.3 is 0 Å². The number of aromatic nitrogens is 3. The molecule has 1 amide bonds. The fourth-order valence-electron chi connectivity index (χ4n) is 3.02. The predicted molar refractivity (Wildman–Crippen MR) is 106 cm³/mol. The van der Waals surface area contributed by atoms with Gasteiger partial charge in [-0.2, -0.15) is 10.4 Å². The number of benzene rings is 1. The Morgan fingerprint density at radius 1 is 1.48 bits per heavy atom. The first kappa shape index (κ1) is 19.3. The average Bonchev–Trinajstić information content (AvgIpc) is 3.43. The summed E-state index contributed by atoms with van der Waals surface area (Å²) in [5.74, 6) is 1.29. The Kier molecular flexibility index (Phi) is 6.04. The largest absolute Gasteiger partial charge is 0.326 e.